The van der Waals surface area contributed by atoms with Crippen LogP contribution in [0, 0.1) is 6.92 Å². The Morgan fingerprint density at radius 2 is 2.00 bits per heavy atom. The lowest BCUT2D eigenvalue weighted by atomic mass is 10.0. The van der Waals surface area contributed by atoms with Crippen molar-refractivity contribution < 1.29 is 5.11 Å². The van der Waals surface area contributed by atoms with Crippen LogP contribution in [0.4, 0.5) is 0 Å². The van der Waals surface area contributed by atoms with Gasteiger partial charge in [0, 0.05) is 11.6 Å². The van der Waals surface area contributed by atoms with Crippen LogP contribution in [0.3, 0.4) is 0 Å². The molecule has 0 saturated heterocycles. The first kappa shape index (κ1) is 10.1. The van der Waals surface area contributed by atoms with Gasteiger partial charge in [-0.25, -0.2) is 9.97 Å². The summed E-state index contributed by atoms with van der Waals surface area (Å²) in [5.74, 6) is 0. The molecule has 0 spiro atoms. The fourth-order valence-corrected chi connectivity index (χ4v) is 1.46. The molecule has 78 valence electrons. The Balaban J connectivity index is 2.62. The highest BCUT2D eigenvalue weighted by Gasteiger charge is 2.17. The molecule has 0 radical (unpaired) electrons. The SMILES string of the molecule is Cc1cnc2nc(C(C)(C)O)ccc2c1. The summed E-state index contributed by atoms with van der Waals surface area (Å²) >= 11 is 0. The van der Waals surface area contributed by atoms with E-state index in [0.29, 0.717) is 11.3 Å². The third-order valence-corrected chi connectivity index (χ3v) is 2.31. The summed E-state index contributed by atoms with van der Waals surface area (Å²) in [6, 6.07) is 5.81. The molecule has 2 aromatic rings. The molecule has 0 bridgehead atoms. The van der Waals surface area contributed by atoms with E-state index in [-0.39, 0.29) is 0 Å². The predicted molar refractivity (Wildman–Crippen MR) is 59.5 cm³/mol. The minimum Gasteiger partial charge on any atom is -0.384 e. The second-order valence-electron chi connectivity index (χ2n) is 4.31. The van der Waals surface area contributed by atoms with Gasteiger partial charge in [-0.2, -0.15) is 0 Å². The maximum atomic E-state index is 9.81. The van der Waals surface area contributed by atoms with Gasteiger partial charge in [-0.15, -0.1) is 0 Å². The van der Waals surface area contributed by atoms with Crippen molar-refractivity contribution in [2.45, 2.75) is 26.4 Å². The minimum atomic E-state index is -0.916. The maximum Gasteiger partial charge on any atom is 0.159 e. The fraction of sp³-hybridized carbons (Fsp3) is 0.333. The number of rotatable bonds is 1. The van der Waals surface area contributed by atoms with Gasteiger partial charge in [0.25, 0.3) is 0 Å². The van der Waals surface area contributed by atoms with Crippen LogP contribution < -0.4 is 0 Å². The lowest BCUT2D eigenvalue weighted by Gasteiger charge is -2.16. The molecule has 1 N–H and O–H groups in total. The van der Waals surface area contributed by atoms with Crippen molar-refractivity contribution in [3.63, 3.8) is 0 Å². The summed E-state index contributed by atoms with van der Waals surface area (Å²) in [4.78, 5) is 8.56. The fourth-order valence-electron chi connectivity index (χ4n) is 1.46. The zero-order chi connectivity index (χ0) is 11.1. The van der Waals surface area contributed by atoms with E-state index in [4.69, 9.17) is 0 Å². The van der Waals surface area contributed by atoms with E-state index in [2.05, 4.69) is 9.97 Å². The highest BCUT2D eigenvalue weighted by Crippen LogP contribution is 2.20. The molecule has 3 heteroatoms. The highest BCUT2D eigenvalue weighted by atomic mass is 16.3. The molecule has 0 saturated carbocycles. The van der Waals surface area contributed by atoms with Gasteiger partial charge in [0.05, 0.1) is 5.69 Å². The van der Waals surface area contributed by atoms with Gasteiger partial charge in [0.2, 0.25) is 0 Å². The van der Waals surface area contributed by atoms with Crippen molar-refractivity contribution in [1.29, 1.82) is 0 Å². The molecule has 15 heavy (non-hydrogen) atoms. The molecule has 2 aromatic heterocycles. The van der Waals surface area contributed by atoms with Gasteiger partial charge >= 0.3 is 0 Å². The zero-order valence-corrected chi connectivity index (χ0v) is 9.15. The van der Waals surface area contributed by atoms with Crippen LogP contribution in [-0.4, -0.2) is 15.1 Å². The van der Waals surface area contributed by atoms with Gasteiger partial charge < -0.3 is 5.11 Å². The third kappa shape index (κ3) is 1.97. The standard InChI is InChI=1S/C12H14N2O/c1-8-6-9-4-5-10(12(2,3)15)14-11(9)13-7-8/h4-7,15H,1-3H3. The summed E-state index contributed by atoms with van der Waals surface area (Å²) in [7, 11) is 0. The number of aryl methyl sites for hydroxylation is 1. The Labute approximate surface area is 88.8 Å². The average Bonchev–Trinajstić information content (AvgIpc) is 2.15. The monoisotopic (exact) mass is 202 g/mol. The van der Waals surface area contributed by atoms with Crippen LogP contribution >= 0.6 is 0 Å². The molecule has 3 nitrogen and oxygen atoms in total. The number of hydrogen-bond donors (Lipinski definition) is 1. The zero-order valence-electron chi connectivity index (χ0n) is 9.15. The van der Waals surface area contributed by atoms with Crippen LogP contribution in [0.5, 0.6) is 0 Å². The highest BCUT2D eigenvalue weighted by molar-refractivity contribution is 5.75. The topological polar surface area (TPSA) is 46.0 Å². The van der Waals surface area contributed by atoms with Crippen molar-refractivity contribution in [1.82, 2.24) is 9.97 Å². The summed E-state index contributed by atoms with van der Waals surface area (Å²) in [5, 5.41) is 10.8. The lowest BCUT2D eigenvalue weighted by molar-refractivity contribution is 0.0742. The first-order valence-corrected chi connectivity index (χ1v) is 4.93. The maximum absolute atomic E-state index is 9.81. The Hall–Kier alpha value is -1.48. The molecule has 0 atom stereocenters. The second kappa shape index (κ2) is 3.28. The van der Waals surface area contributed by atoms with Crippen LogP contribution in [0.1, 0.15) is 25.1 Å². The van der Waals surface area contributed by atoms with E-state index >= 15 is 0 Å². The molecule has 0 aliphatic rings. The van der Waals surface area contributed by atoms with Crippen molar-refractivity contribution in [2.75, 3.05) is 0 Å². The number of pyridine rings is 2. The minimum absolute atomic E-state index is 0.645. The second-order valence-corrected chi connectivity index (χ2v) is 4.31. The van der Waals surface area contributed by atoms with Crippen molar-refractivity contribution in [3.8, 4) is 0 Å². The molecule has 2 rings (SSSR count). The Bertz CT molecular complexity index is 500. The number of fused-ring (bicyclic) bond motifs is 1. The summed E-state index contributed by atoms with van der Waals surface area (Å²) in [5.41, 5.74) is 1.52. The number of nitrogens with zero attached hydrogens (tertiary/aromatic N) is 2. The largest absolute Gasteiger partial charge is 0.384 e. The molecule has 0 fully saturated rings. The molecule has 2 heterocycles. The number of hydrogen-bond acceptors (Lipinski definition) is 3. The Kier molecular flexibility index (Phi) is 2.20. The molecule has 0 aliphatic heterocycles. The van der Waals surface area contributed by atoms with E-state index in [0.717, 1.165) is 10.9 Å². The normalized spacial score (nSPS) is 12.0. The molecule has 0 amide bonds. The van der Waals surface area contributed by atoms with Crippen molar-refractivity contribution in [3.05, 3.63) is 35.7 Å². The molecule has 0 unspecified atom stereocenters. The Morgan fingerprint density at radius 3 is 2.67 bits per heavy atom. The summed E-state index contributed by atoms with van der Waals surface area (Å²) < 4.78 is 0. The van der Waals surface area contributed by atoms with Crippen LogP contribution in [0.2, 0.25) is 0 Å². The van der Waals surface area contributed by atoms with Gasteiger partial charge in [0.1, 0.15) is 5.60 Å². The van der Waals surface area contributed by atoms with Gasteiger partial charge in [-0.1, -0.05) is 0 Å². The number of aliphatic hydroxyl groups is 1. The summed E-state index contributed by atoms with van der Waals surface area (Å²) in [6.45, 7) is 5.43. The number of aromatic nitrogens is 2. The van der Waals surface area contributed by atoms with Crippen molar-refractivity contribution in [2.24, 2.45) is 0 Å². The molecular formula is C12H14N2O. The van der Waals surface area contributed by atoms with Gasteiger partial charge in [-0.05, 0) is 44.5 Å². The van der Waals surface area contributed by atoms with Crippen LogP contribution in [0.15, 0.2) is 24.4 Å². The van der Waals surface area contributed by atoms with Gasteiger partial charge in [0.15, 0.2) is 5.65 Å². The van der Waals surface area contributed by atoms with E-state index in [1.54, 1.807) is 20.0 Å². The summed E-state index contributed by atoms with van der Waals surface area (Å²) in [6.07, 6.45) is 1.78. The van der Waals surface area contributed by atoms with E-state index in [1.165, 1.54) is 0 Å². The van der Waals surface area contributed by atoms with Crippen LogP contribution in [-0.2, 0) is 5.60 Å². The molecular weight excluding hydrogens is 188 g/mol. The Morgan fingerprint density at radius 1 is 1.27 bits per heavy atom. The average molecular weight is 202 g/mol. The van der Waals surface area contributed by atoms with Gasteiger partial charge in [-0.3, -0.25) is 0 Å². The quantitative estimate of drug-likeness (QED) is 0.770. The third-order valence-electron chi connectivity index (χ3n) is 2.31. The van der Waals surface area contributed by atoms with Crippen LogP contribution in [0.25, 0.3) is 11.0 Å². The molecule has 0 aliphatic carbocycles. The van der Waals surface area contributed by atoms with E-state index in [9.17, 15) is 5.11 Å². The van der Waals surface area contributed by atoms with E-state index in [1.807, 2.05) is 25.1 Å². The van der Waals surface area contributed by atoms with E-state index < -0.39 is 5.60 Å². The van der Waals surface area contributed by atoms with Crippen molar-refractivity contribution >= 4 is 11.0 Å². The first-order valence-electron chi connectivity index (χ1n) is 4.93. The smallest absolute Gasteiger partial charge is 0.159 e. The lowest BCUT2D eigenvalue weighted by Crippen LogP contribution is -2.17. The molecule has 0 aromatic carbocycles. The predicted octanol–water partition coefficient (Wildman–Crippen LogP) is 2.17. The first-order chi connectivity index (χ1) is 6.97.